The molecule has 1 atom stereocenters. The Morgan fingerprint density at radius 2 is 2.17 bits per heavy atom. The van der Waals surface area contributed by atoms with E-state index in [-0.39, 0.29) is 17.7 Å². The number of aliphatic hydroxyl groups is 1. The Bertz CT molecular complexity index is 620. The molecule has 0 aromatic carbocycles. The third-order valence-corrected chi connectivity index (χ3v) is 4.64. The summed E-state index contributed by atoms with van der Waals surface area (Å²) in [6.07, 6.45) is 2.60. The number of aromatic nitrogens is 2. The molecule has 23 heavy (non-hydrogen) atoms. The quantitative estimate of drug-likeness (QED) is 0.512. The molecule has 3 rings (SSSR count). The van der Waals surface area contributed by atoms with Crippen LogP contribution < -0.4 is 10.9 Å². The molecule has 0 aliphatic carbocycles. The third kappa shape index (κ3) is 3.50. The lowest BCUT2D eigenvalue weighted by Crippen LogP contribution is -2.86. The fraction of sp³-hybridized carbons (Fsp3) is 0.667. The zero-order valence-corrected chi connectivity index (χ0v) is 13.3. The molecule has 0 bridgehead atoms. The van der Waals surface area contributed by atoms with Gasteiger partial charge in [0.2, 0.25) is 5.82 Å². The van der Waals surface area contributed by atoms with E-state index in [1.165, 1.54) is 0 Å². The SMILES string of the molecule is CC(c1nc([NH2+]C2CCOCC2)c(C=N)c(=O)[nH]1)N1CC(O)C1. The summed E-state index contributed by atoms with van der Waals surface area (Å²) in [5, 5.41) is 18.9. The Morgan fingerprint density at radius 3 is 2.78 bits per heavy atom. The monoisotopic (exact) mass is 322 g/mol. The number of nitrogens with one attached hydrogen (secondary N) is 2. The molecule has 2 aliphatic rings. The van der Waals surface area contributed by atoms with Crippen molar-refractivity contribution in [3.8, 4) is 0 Å². The van der Waals surface area contributed by atoms with Crippen molar-refractivity contribution in [2.24, 2.45) is 0 Å². The average molecular weight is 322 g/mol. The van der Waals surface area contributed by atoms with Gasteiger partial charge in [0.25, 0.3) is 5.56 Å². The van der Waals surface area contributed by atoms with Gasteiger partial charge in [-0.2, -0.15) is 4.98 Å². The van der Waals surface area contributed by atoms with E-state index >= 15 is 0 Å². The molecule has 0 saturated carbocycles. The molecule has 1 aromatic heterocycles. The van der Waals surface area contributed by atoms with Crippen LogP contribution in [-0.4, -0.2) is 64.6 Å². The third-order valence-electron chi connectivity index (χ3n) is 4.64. The molecule has 0 amide bonds. The molecule has 1 unspecified atom stereocenters. The molecule has 0 radical (unpaired) electrons. The van der Waals surface area contributed by atoms with Gasteiger partial charge in [-0.3, -0.25) is 15.0 Å². The molecule has 5 N–H and O–H groups in total. The molecule has 0 spiro atoms. The zero-order valence-electron chi connectivity index (χ0n) is 13.3. The van der Waals surface area contributed by atoms with Gasteiger partial charge < -0.3 is 20.2 Å². The Morgan fingerprint density at radius 1 is 1.48 bits per heavy atom. The summed E-state index contributed by atoms with van der Waals surface area (Å²) in [5.74, 6) is 1.17. The van der Waals surface area contributed by atoms with Crippen molar-refractivity contribution in [2.75, 3.05) is 26.3 Å². The van der Waals surface area contributed by atoms with E-state index in [0.717, 1.165) is 32.3 Å². The van der Waals surface area contributed by atoms with Crippen LogP contribution in [0.3, 0.4) is 0 Å². The average Bonchev–Trinajstić information content (AvgIpc) is 2.52. The van der Waals surface area contributed by atoms with Crippen molar-refractivity contribution in [1.29, 1.82) is 5.41 Å². The van der Waals surface area contributed by atoms with Crippen LogP contribution in [0, 0.1) is 5.41 Å². The summed E-state index contributed by atoms with van der Waals surface area (Å²) in [6, 6.07) is 0.262. The minimum absolute atomic E-state index is 0.0623. The van der Waals surface area contributed by atoms with E-state index in [4.69, 9.17) is 10.1 Å². The maximum absolute atomic E-state index is 12.3. The lowest BCUT2D eigenvalue weighted by molar-refractivity contribution is -0.619. The van der Waals surface area contributed by atoms with Crippen LogP contribution in [-0.2, 0) is 4.74 Å². The second-order valence-corrected chi connectivity index (χ2v) is 6.29. The van der Waals surface area contributed by atoms with Gasteiger partial charge in [-0.1, -0.05) is 0 Å². The number of ether oxygens (including phenoxy) is 1. The molecule has 3 heterocycles. The molecular formula is C15H24N5O3+. The smallest absolute Gasteiger partial charge is 0.266 e. The normalized spacial score (nSPS) is 21.8. The number of likely N-dealkylation sites (tertiary alicyclic amines) is 1. The van der Waals surface area contributed by atoms with Crippen LogP contribution in [0.4, 0.5) is 5.82 Å². The predicted molar refractivity (Wildman–Crippen MR) is 84.2 cm³/mol. The first-order valence-corrected chi connectivity index (χ1v) is 8.08. The molecule has 1 aromatic rings. The van der Waals surface area contributed by atoms with Gasteiger partial charge in [-0.15, -0.1) is 0 Å². The van der Waals surface area contributed by atoms with Crippen molar-refractivity contribution in [2.45, 2.75) is 38.0 Å². The highest BCUT2D eigenvalue weighted by molar-refractivity contribution is 5.80. The number of hydrogen-bond acceptors (Lipinski definition) is 6. The number of nitrogens with two attached hydrogens (primary N) is 1. The molecule has 8 heteroatoms. The van der Waals surface area contributed by atoms with Gasteiger partial charge in [0.1, 0.15) is 11.4 Å². The first-order valence-electron chi connectivity index (χ1n) is 8.08. The fourth-order valence-corrected chi connectivity index (χ4v) is 3.07. The van der Waals surface area contributed by atoms with Gasteiger partial charge in [0.15, 0.2) is 0 Å². The van der Waals surface area contributed by atoms with Gasteiger partial charge in [0.05, 0.1) is 31.4 Å². The molecule has 2 aliphatic heterocycles. The number of β-amino-alcohol motifs (C(OH)–C–C–N with tert-alkyl or cyclic N) is 1. The minimum atomic E-state index is -0.293. The Hall–Kier alpha value is -1.61. The predicted octanol–water partition coefficient (Wildman–Crippen LogP) is -1.12. The summed E-state index contributed by atoms with van der Waals surface area (Å²) in [6.45, 7) is 4.59. The van der Waals surface area contributed by atoms with Crippen LogP contribution in [0.5, 0.6) is 0 Å². The largest absolute Gasteiger partial charge is 0.390 e. The van der Waals surface area contributed by atoms with E-state index < -0.39 is 0 Å². The van der Waals surface area contributed by atoms with Crippen molar-refractivity contribution < 1.29 is 15.2 Å². The Labute approximate surface area is 134 Å². The summed E-state index contributed by atoms with van der Waals surface area (Å²) in [4.78, 5) is 21.7. The highest BCUT2D eigenvalue weighted by atomic mass is 16.5. The summed E-state index contributed by atoms with van der Waals surface area (Å²) >= 11 is 0. The lowest BCUT2D eigenvalue weighted by atomic mass is 10.1. The highest BCUT2D eigenvalue weighted by Crippen LogP contribution is 2.22. The zero-order chi connectivity index (χ0) is 16.4. The number of H-pyrrole nitrogens is 1. The van der Waals surface area contributed by atoms with E-state index in [9.17, 15) is 9.90 Å². The maximum atomic E-state index is 12.3. The number of nitrogens with zero attached hydrogens (tertiary/aromatic N) is 2. The molecular weight excluding hydrogens is 298 g/mol. The van der Waals surface area contributed by atoms with E-state index in [2.05, 4.69) is 14.9 Å². The number of quaternary nitrogens is 1. The van der Waals surface area contributed by atoms with Crippen molar-refractivity contribution in [3.05, 3.63) is 21.7 Å². The second kappa shape index (κ2) is 6.88. The minimum Gasteiger partial charge on any atom is -0.390 e. The highest BCUT2D eigenvalue weighted by Gasteiger charge is 2.31. The number of rotatable bonds is 5. The van der Waals surface area contributed by atoms with Gasteiger partial charge in [-0.25, -0.2) is 0 Å². The fourth-order valence-electron chi connectivity index (χ4n) is 3.07. The van der Waals surface area contributed by atoms with Crippen LogP contribution in [0.2, 0.25) is 0 Å². The van der Waals surface area contributed by atoms with Gasteiger partial charge in [-0.05, 0) is 6.92 Å². The molecule has 2 fully saturated rings. The number of aromatic amines is 1. The second-order valence-electron chi connectivity index (χ2n) is 6.29. The number of hydrogen-bond donors (Lipinski definition) is 4. The first-order chi connectivity index (χ1) is 11.1. The standard InChI is InChI=1S/C15H23N5O3/c1-9(20-7-11(21)8-20)13-18-14(12(6-16)15(22)19-13)17-10-2-4-23-5-3-10/h6,9-11,16,21H,2-5,7-8H2,1H3,(H2,17,18,19,22)/p+1. The van der Waals surface area contributed by atoms with Crippen LogP contribution in [0.15, 0.2) is 4.79 Å². The number of aliphatic hydroxyl groups excluding tert-OH is 1. The topological polar surface area (TPSA) is 119 Å². The summed E-state index contributed by atoms with van der Waals surface area (Å²) < 4.78 is 5.36. The van der Waals surface area contributed by atoms with Crippen molar-refractivity contribution >= 4 is 12.0 Å². The lowest BCUT2D eigenvalue weighted by Gasteiger charge is -2.39. The van der Waals surface area contributed by atoms with Crippen LogP contribution >= 0.6 is 0 Å². The molecule has 126 valence electrons. The maximum Gasteiger partial charge on any atom is 0.266 e. The van der Waals surface area contributed by atoms with Crippen LogP contribution in [0.1, 0.15) is 37.2 Å². The molecule has 2 saturated heterocycles. The molecule has 8 nitrogen and oxygen atoms in total. The van der Waals surface area contributed by atoms with Crippen molar-refractivity contribution in [3.63, 3.8) is 0 Å². The van der Waals surface area contributed by atoms with Gasteiger partial charge in [0, 0.05) is 32.1 Å². The van der Waals surface area contributed by atoms with E-state index in [1.807, 2.05) is 12.2 Å². The summed E-state index contributed by atoms with van der Waals surface area (Å²) in [5.41, 5.74) is 0.0207. The first kappa shape index (κ1) is 16.3. The summed E-state index contributed by atoms with van der Waals surface area (Å²) in [7, 11) is 0. The van der Waals surface area contributed by atoms with Crippen LogP contribution in [0.25, 0.3) is 0 Å². The Kier molecular flexibility index (Phi) is 4.86. The Balaban J connectivity index is 1.84. The van der Waals surface area contributed by atoms with Gasteiger partial charge >= 0.3 is 0 Å². The van der Waals surface area contributed by atoms with E-state index in [0.29, 0.717) is 36.3 Å². The van der Waals surface area contributed by atoms with E-state index in [1.54, 1.807) is 0 Å². The van der Waals surface area contributed by atoms with Crippen molar-refractivity contribution in [1.82, 2.24) is 14.9 Å².